The number of hydrogen-bond donors (Lipinski definition) is 1. The summed E-state index contributed by atoms with van der Waals surface area (Å²) in [7, 11) is 0. The van der Waals surface area contributed by atoms with Crippen molar-refractivity contribution in [3.63, 3.8) is 0 Å². The highest BCUT2D eigenvalue weighted by Gasteiger charge is 2.34. The number of nitrogens with zero attached hydrogens (tertiary/aromatic N) is 1. The predicted molar refractivity (Wildman–Crippen MR) is 80.8 cm³/mol. The maximum atomic E-state index is 12.8. The van der Waals surface area contributed by atoms with Crippen LogP contribution in [-0.2, 0) is 15.8 Å². The molecular weight excluding hydrogens is 374 g/mol. The average molecular weight is 388 g/mol. The molecule has 0 atom stereocenters. The van der Waals surface area contributed by atoms with E-state index in [1.807, 2.05) is 5.32 Å². The number of carbonyl (C=O) groups excluding carboxylic acids is 2. The third-order valence-electron chi connectivity index (χ3n) is 2.93. The maximum Gasteiger partial charge on any atom is 0.442 e. The van der Waals surface area contributed by atoms with Gasteiger partial charge < -0.3 is 10.2 Å². The lowest BCUT2D eigenvalue weighted by Crippen LogP contribution is -2.39. The quantitative estimate of drug-likeness (QED) is 0.756. The van der Waals surface area contributed by atoms with Crippen LogP contribution in [0.15, 0.2) is 24.3 Å². The number of nitrogens with one attached hydrogen (secondary N) is 1. The Hall–Kier alpha value is -1.91. The number of halogens is 6. The number of likely N-dealkylation sites (N-methyl/N-ethyl adjacent to an activating group) is 1. The monoisotopic (exact) mass is 388 g/mol. The van der Waals surface area contributed by atoms with Crippen molar-refractivity contribution in [2.24, 2.45) is 0 Å². The van der Waals surface area contributed by atoms with Crippen molar-refractivity contribution < 1.29 is 35.9 Å². The van der Waals surface area contributed by atoms with Crippen molar-refractivity contribution in [3.8, 4) is 0 Å². The van der Waals surface area contributed by atoms with Gasteiger partial charge in [-0.2, -0.15) is 26.3 Å². The average Bonchev–Trinajstić information content (AvgIpc) is 2.49. The molecule has 0 aliphatic heterocycles. The Morgan fingerprint density at radius 1 is 1.12 bits per heavy atom. The second-order valence-corrected chi connectivity index (χ2v) is 5.77. The van der Waals surface area contributed by atoms with Crippen LogP contribution in [0.4, 0.5) is 32.0 Å². The normalized spacial score (nSPS) is 12.0. The molecule has 0 saturated carbocycles. The fourth-order valence-electron chi connectivity index (χ4n) is 1.81. The van der Waals surface area contributed by atoms with Crippen LogP contribution in [0.2, 0.25) is 0 Å². The molecule has 11 heteroatoms. The number of benzene rings is 1. The van der Waals surface area contributed by atoms with Gasteiger partial charge in [-0.05, 0) is 30.8 Å². The summed E-state index contributed by atoms with van der Waals surface area (Å²) in [4.78, 5) is 24.4. The lowest BCUT2D eigenvalue weighted by molar-refractivity contribution is -0.137. The van der Waals surface area contributed by atoms with Crippen molar-refractivity contribution in [1.29, 1.82) is 0 Å². The summed E-state index contributed by atoms with van der Waals surface area (Å²) in [6.07, 6.45) is -4.69. The van der Waals surface area contributed by atoms with Gasteiger partial charge in [0.25, 0.3) is 0 Å². The van der Waals surface area contributed by atoms with Gasteiger partial charge in [0, 0.05) is 6.54 Å². The first-order valence-electron chi connectivity index (χ1n) is 6.88. The molecule has 0 spiro atoms. The Bertz CT molecular complexity index is 618. The topological polar surface area (TPSA) is 49.4 Å². The maximum absolute atomic E-state index is 12.8. The van der Waals surface area contributed by atoms with Crippen molar-refractivity contribution in [3.05, 3.63) is 29.8 Å². The van der Waals surface area contributed by atoms with E-state index in [1.165, 1.54) is 13.0 Å². The molecule has 0 aliphatic carbocycles. The molecule has 25 heavy (non-hydrogen) atoms. The van der Waals surface area contributed by atoms with E-state index in [1.54, 1.807) is 0 Å². The van der Waals surface area contributed by atoms with Gasteiger partial charge in [-0.3, -0.25) is 9.59 Å². The third kappa shape index (κ3) is 7.24. The molecule has 1 aromatic carbocycles. The summed E-state index contributed by atoms with van der Waals surface area (Å²) in [6, 6.07) is 4.25. The summed E-state index contributed by atoms with van der Waals surface area (Å²) in [5.41, 5.74) is -6.15. The minimum absolute atomic E-state index is 0.0639. The molecule has 0 unspecified atom stereocenters. The van der Waals surface area contributed by atoms with Crippen molar-refractivity contribution in [2.75, 3.05) is 24.2 Å². The molecule has 1 aromatic rings. The highest BCUT2D eigenvalue weighted by molar-refractivity contribution is 8.00. The second-order valence-electron chi connectivity index (χ2n) is 4.73. The van der Waals surface area contributed by atoms with Crippen LogP contribution in [0.5, 0.6) is 0 Å². The number of rotatable bonds is 6. The van der Waals surface area contributed by atoms with Crippen LogP contribution in [0.25, 0.3) is 0 Å². The van der Waals surface area contributed by atoms with E-state index in [0.29, 0.717) is 0 Å². The number of thioether (sulfide) groups is 1. The molecule has 0 aromatic heterocycles. The molecule has 0 aliphatic rings. The summed E-state index contributed by atoms with van der Waals surface area (Å²) in [5, 5.41) is 2.03. The van der Waals surface area contributed by atoms with Gasteiger partial charge in [-0.1, -0.05) is 12.1 Å². The fraction of sp³-hybridized carbons (Fsp3) is 0.429. The number of carbonyl (C=O) groups is 2. The SMILES string of the molecule is CCN(CC(=O)Nc1ccccc1C(F)(F)F)C(=O)CSC(F)(F)F. The fourth-order valence-corrected chi connectivity index (χ4v) is 2.28. The van der Waals surface area contributed by atoms with E-state index in [0.717, 1.165) is 23.1 Å². The van der Waals surface area contributed by atoms with E-state index in [-0.39, 0.29) is 6.54 Å². The molecule has 0 saturated heterocycles. The first-order valence-corrected chi connectivity index (χ1v) is 7.87. The van der Waals surface area contributed by atoms with E-state index in [4.69, 9.17) is 0 Å². The van der Waals surface area contributed by atoms with Gasteiger partial charge in [-0.15, -0.1) is 0 Å². The van der Waals surface area contributed by atoms with Crippen LogP contribution in [0.3, 0.4) is 0 Å². The second kappa shape index (κ2) is 8.45. The van der Waals surface area contributed by atoms with Crippen LogP contribution in [0.1, 0.15) is 12.5 Å². The number of hydrogen-bond acceptors (Lipinski definition) is 3. The number of amides is 2. The molecule has 0 radical (unpaired) electrons. The number of alkyl halides is 6. The minimum atomic E-state index is -4.69. The number of para-hydroxylation sites is 1. The van der Waals surface area contributed by atoms with E-state index in [9.17, 15) is 35.9 Å². The van der Waals surface area contributed by atoms with Crippen LogP contribution in [-0.4, -0.2) is 41.1 Å². The van der Waals surface area contributed by atoms with E-state index < -0.39 is 58.8 Å². The van der Waals surface area contributed by atoms with Crippen molar-refractivity contribution in [1.82, 2.24) is 4.90 Å². The van der Waals surface area contributed by atoms with Crippen LogP contribution in [0, 0.1) is 0 Å². The Labute approximate surface area is 143 Å². The molecular formula is C14H14F6N2O2S. The Kier molecular flexibility index (Phi) is 7.15. The molecule has 0 bridgehead atoms. The van der Waals surface area contributed by atoms with E-state index >= 15 is 0 Å². The predicted octanol–water partition coefficient (Wildman–Crippen LogP) is 3.75. The number of anilines is 1. The summed E-state index contributed by atoms with van der Waals surface area (Å²) >= 11 is -0.549. The van der Waals surface area contributed by atoms with Gasteiger partial charge in [0.1, 0.15) is 0 Å². The largest absolute Gasteiger partial charge is 0.442 e. The van der Waals surface area contributed by atoms with Gasteiger partial charge in [-0.25, -0.2) is 0 Å². The molecule has 0 heterocycles. The first kappa shape index (κ1) is 21.1. The van der Waals surface area contributed by atoms with Gasteiger partial charge in [0.15, 0.2) is 0 Å². The van der Waals surface area contributed by atoms with E-state index in [2.05, 4.69) is 0 Å². The minimum Gasteiger partial charge on any atom is -0.333 e. The summed E-state index contributed by atoms with van der Waals surface area (Å²) in [6.45, 7) is 0.721. The zero-order valence-electron chi connectivity index (χ0n) is 12.9. The van der Waals surface area contributed by atoms with Crippen LogP contribution >= 0.6 is 11.8 Å². The smallest absolute Gasteiger partial charge is 0.333 e. The molecule has 0 fully saturated rings. The van der Waals surface area contributed by atoms with Crippen LogP contribution < -0.4 is 5.32 Å². The first-order chi connectivity index (χ1) is 11.4. The third-order valence-corrected chi connectivity index (χ3v) is 3.65. The molecule has 1 N–H and O–H groups in total. The Morgan fingerprint density at radius 3 is 2.24 bits per heavy atom. The molecule has 1 rings (SSSR count). The van der Waals surface area contributed by atoms with Crippen molar-refractivity contribution in [2.45, 2.75) is 18.6 Å². The summed E-state index contributed by atoms with van der Waals surface area (Å²) < 4.78 is 74.8. The zero-order valence-corrected chi connectivity index (χ0v) is 13.7. The zero-order chi connectivity index (χ0) is 19.3. The lowest BCUT2D eigenvalue weighted by Gasteiger charge is -2.21. The van der Waals surface area contributed by atoms with Gasteiger partial charge in [0.05, 0.1) is 23.5 Å². The van der Waals surface area contributed by atoms with Gasteiger partial charge in [0.2, 0.25) is 11.8 Å². The highest BCUT2D eigenvalue weighted by atomic mass is 32.2. The highest BCUT2D eigenvalue weighted by Crippen LogP contribution is 2.34. The molecule has 4 nitrogen and oxygen atoms in total. The van der Waals surface area contributed by atoms with Crippen molar-refractivity contribution >= 4 is 29.3 Å². The standard InChI is InChI=1S/C14H14F6N2O2S/c1-2-22(12(24)8-25-14(18,19)20)7-11(23)21-10-6-4-3-5-9(10)13(15,16)17/h3-6H,2,7-8H2,1H3,(H,21,23). The Balaban J connectivity index is 2.74. The van der Waals surface area contributed by atoms with Gasteiger partial charge >= 0.3 is 11.7 Å². The molecule has 140 valence electrons. The lowest BCUT2D eigenvalue weighted by atomic mass is 10.1. The Morgan fingerprint density at radius 2 is 1.72 bits per heavy atom. The molecule has 2 amide bonds. The summed E-state index contributed by atoms with van der Waals surface area (Å²) in [5.74, 6) is -2.79.